The number of fused-ring (bicyclic) bond motifs is 1. The lowest BCUT2D eigenvalue weighted by molar-refractivity contribution is -0.246. The number of aliphatic hydroxyl groups excluding tert-OH is 1. The summed E-state index contributed by atoms with van der Waals surface area (Å²) in [5.41, 5.74) is -0.902. The molecule has 0 aliphatic carbocycles. The standard InChI is InChI=1S/C25H32N2O8/c1-24(2)9-13(10-25(3,4)27(24)34)26-11-14-16(29)8-18-19(20(14)31)21(32)22(33)23(35-18)12-5-6-15(28)17(30)7-12/h5-8,13,22-23,26,28-31,33-34H,9-11H2,1-4H3. The second-order valence-electron chi connectivity index (χ2n) is 10.6. The molecule has 1 fully saturated rings. The van der Waals surface area contributed by atoms with Crippen molar-refractivity contribution in [1.82, 2.24) is 10.4 Å². The molecule has 2 heterocycles. The first kappa shape index (κ1) is 25.1. The summed E-state index contributed by atoms with van der Waals surface area (Å²) in [6.07, 6.45) is -1.67. The van der Waals surface area contributed by atoms with Crippen LogP contribution in [-0.4, -0.2) is 64.8 Å². The average molecular weight is 489 g/mol. The van der Waals surface area contributed by atoms with Crippen LogP contribution >= 0.6 is 0 Å². The molecule has 10 heteroatoms. The van der Waals surface area contributed by atoms with Gasteiger partial charge in [0.05, 0.1) is 5.56 Å². The number of phenolic OH excluding ortho intramolecular Hbond substituents is 4. The van der Waals surface area contributed by atoms with Crippen LogP contribution in [0.5, 0.6) is 28.7 Å². The van der Waals surface area contributed by atoms with E-state index in [9.17, 15) is 35.5 Å². The van der Waals surface area contributed by atoms with E-state index in [1.807, 2.05) is 27.7 Å². The van der Waals surface area contributed by atoms with E-state index in [2.05, 4.69) is 5.32 Å². The summed E-state index contributed by atoms with van der Waals surface area (Å²) in [6, 6.07) is 4.93. The van der Waals surface area contributed by atoms with Crippen LogP contribution in [0.2, 0.25) is 0 Å². The smallest absolute Gasteiger partial charge is 0.202 e. The quantitative estimate of drug-likeness (QED) is 0.318. The number of hydrogen-bond donors (Lipinski definition) is 7. The lowest BCUT2D eigenvalue weighted by Crippen LogP contribution is -2.62. The molecule has 0 amide bonds. The third-order valence-corrected chi connectivity index (χ3v) is 6.94. The second kappa shape index (κ2) is 8.56. The average Bonchev–Trinajstić information content (AvgIpc) is 2.75. The molecule has 10 nitrogen and oxygen atoms in total. The van der Waals surface area contributed by atoms with E-state index in [0.29, 0.717) is 12.8 Å². The van der Waals surface area contributed by atoms with Crippen LogP contribution in [0.25, 0.3) is 0 Å². The van der Waals surface area contributed by atoms with Gasteiger partial charge in [0.1, 0.15) is 22.8 Å². The summed E-state index contributed by atoms with van der Waals surface area (Å²) < 4.78 is 5.74. The Bertz CT molecular complexity index is 1140. The number of ether oxygens (including phenoxy) is 1. The molecule has 0 spiro atoms. The molecule has 1 saturated heterocycles. The third kappa shape index (κ3) is 4.38. The molecule has 2 unspecified atom stereocenters. The SMILES string of the molecule is CC1(C)CC(NCc2c(O)cc3c(c2O)C(=O)C(O)C(c2ccc(O)c(O)c2)O3)CC(C)(C)N1O. The molecule has 35 heavy (non-hydrogen) atoms. The van der Waals surface area contributed by atoms with Gasteiger partial charge in [-0.25, -0.2) is 0 Å². The van der Waals surface area contributed by atoms with Crippen molar-refractivity contribution in [3.8, 4) is 28.7 Å². The van der Waals surface area contributed by atoms with Crippen LogP contribution in [0.1, 0.15) is 68.1 Å². The lowest BCUT2D eigenvalue weighted by atomic mass is 9.79. The highest BCUT2D eigenvalue weighted by Crippen LogP contribution is 2.45. The molecular weight excluding hydrogens is 456 g/mol. The molecule has 2 atom stereocenters. The first-order valence-corrected chi connectivity index (χ1v) is 11.4. The number of hydrogen-bond acceptors (Lipinski definition) is 10. The number of aromatic hydroxyl groups is 4. The van der Waals surface area contributed by atoms with Gasteiger partial charge >= 0.3 is 0 Å². The maximum absolute atomic E-state index is 13.0. The van der Waals surface area contributed by atoms with E-state index < -0.39 is 40.6 Å². The van der Waals surface area contributed by atoms with Crippen molar-refractivity contribution >= 4 is 5.78 Å². The fourth-order valence-corrected chi connectivity index (χ4v) is 5.29. The number of aliphatic hydroxyl groups is 1. The van der Waals surface area contributed by atoms with Gasteiger partial charge in [-0.1, -0.05) is 6.07 Å². The highest BCUT2D eigenvalue weighted by atomic mass is 16.5. The first-order chi connectivity index (χ1) is 16.2. The van der Waals surface area contributed by atoms with E-state index in [1.165, 1.54) is 29.3 Å². The van der Waals surface area contributed by atoms with Crippen LogP contribution in [0.15, 0.2) is 24.3 Å². The molecule has 2 aromatic carbocycles. The number of nitrogens with zero attached hydrogens (tertiary/aromatic N) is 1. The minimum absolute atomic E-state index is 0.0395. The number of hydroxylamine groups is 2. The zero-order chi connectivity index (χ0) is 25.9. The monoisotopic (exact) mass is 488 g/mol. The van der Waals surface area contributed by atoms with Crippen molar-refractivity contribution in [3.05, 3.63) is 41.0 Å². The predicted octanol–water partition coefficient (Wildman–Crippen LogP) is 2.69. The summed E-state index contributed by atoms with van der Waals surface area (Å²) >= 11 is 0. The Morgan fingerprint density at radius 3 is 2.23 bits per heavy atom. The molecular formula is C25H32N2O8. The number of Topliss-reactive ketones (excluding diaryl/α,β-unsaturated/α-hetero) is 1. The van der Waals surface area contributed by atoms with Gasteiger partial charge in [0.25, 0.3) is 0 Å². The molecule has 7 N–H and O–H groups in total. The topological polar surface area (TPSA) is 163 Å². The van der Waals surface area contributed by atoms with E-state index in [4.69, 9.17) is 4.74 Å². The summed E-state index contributed by atoms with van der Waals surface area (Å²) in [5.74, 6) is -2.48. The number of ketones is 1. The van der Waals surface area contributed by atoms with Crippen molar-refractivity contribution in [2.45, 2.75) is 76.4 Å². The summed E-state index contributed by atoms with van der Waals surface area (Å²) in [5, 5.41) is 66.6. The fraction of sp³-hybridized carbons (Fsp3) is 0.480. The van der Waals surface area contributed by atoms with Gasteiger partial charge in [0.15, 0.2) is 23.7 Å². The molecule has 0 radical (unpaired) electrons. The Labute approximate surface area is 203 Å². The number of rotatable bonds is 4. The Kier molecular flexibility index (Phi) is 6.13. The Balaban J connectivity index is 1.59. The van der Waals surface area contributed by atoms with Gasteiger partial charge in [-0.15, -0.1) is 0 Å². The summed E-state index contributed by atoms with van der Waals surface area (Å²) in [7, 11) is 0. The van der Waals surface area contributed by atoms with E-state index >= 15 is 0 Å². The molecule has 2 aliphatic heterocycles. The molecule has 0 aromatic heterocycles. The number of carbonyl (C=O) groups is 1. The van der Waals surface area contributed by atoms with Gasteiger partial charge in [0.2, 0.25) is 5.78 Å². The minimum Gasteiger partial charge on any atom is -0.507 e. The number of nitrogens with one attached hydrogen (secondary N) is 1. The van der Waals surface area contributed by atoms with Crippen LogP contribution in [0.4, 0.5) is 0 Å². The normalized spacial score (nSPS) is 24.1. The fourth-order valence-electron chi connectivity index (χ4n) is 5.29. The molecule has 0 saturated carbocycles. The third-order valence-electron chi connectivity index (χ3n) is 6.94. The van der Waals surface area contributed by atoms with Crippen LogP contribution in [0.3, 0.4) is 0 Å². The largest absolute Gasteiger partial charge is 0.507 e. The zero-order valence-corrected chi connectivity index (χ0v) is 20.1. The maximum Gasteiger partial charge on any atom is 0.202 e. The van der Waals surface area contributed by atoms with E-state index in [1.54, 1.807) is 0 Å². The molecule has 0 bridgehead atoms. The zero-order valence-electron chi connectivity index (χ0n) is 20.1. The van der Waals surface area contributed by atoms with Gasteiger partial charge in [-0.2, -0.15) is 5.06 Å². The van der Waals surface area contributed by atoms with E-state index in [0.717, 1.165) is 0 Å². The van der Waals surface area contributed by atoms with Crippen LogP contribution in [0, 0.1) is 0 Å². The molecule has 190 valence electrons. The van der Waals surface area contributed by atoms with Crippen LogP contribution in [-0.2, 0) is 6.54 Å². The van der Waals surface area contributed by atoms with Crippen molar-refractivity contribution in [3.63, 3.8) is 0 Å². The van der Waals surface area contributed by atoms with E-state index in [-0.39, 0.29) is 46.5 Å². The van der Waals surface area contributed by atoms with Crippen molar-refractivity contribution in [2.24, 2.45) is 0 Å². The second-order valence-corrected chi connectivity index (χ2v) is 10.6. The van der Waals surface area contributed by atoms with Crippen molar-refractivity contribution in [2.75, 3.05) is 0 Å². The Morgan fingerprint density at radius 2 is 1.63 bits per heavy atom. The summed E-state index contributed by atoms with van der Waals surface area (Å²) in [4.78, 5) is 13.0. The maximum atomic E-state index is 13.0. The minimum atomic E-state index is -1.68. The number of benzene rings is 2. The molecule has 2 aliphatic rings. The van der Waals surface area contributed by atoms with Crippen molar-refractivity contribution in [1.29, 1.82) is 0 Å². The predicted molar refractivity (Wildman–Crippen MR) is 125 cm³/mol. The first-order valence-electron chi connectivity index (χ1n) is 11.4. The number of carbonyl (C=O) groups excluding carboxylic acids is 1. The molecule has 4 rings (SSSR count). The molecule has 2 aromatic rings. The van der Waals surface area contributed by atoms with Gasteiger partial charge in [-0.3, -0.25) is 4.79 Å². The highest BCUT2D eigenvalue weighted by Gasteiger charge is 2.45. The summed E-state index contributed by atoms with van der Waals surface area (Å²) in [6.45, 7) is 7.76. The number of piperidine rings is 1. The Hall–Kier alpha value is -3.05. The van der Waals surface area contributed by atoms with Crippen molar-refractivity contribution < 1.29 is 40.3 Å². The van der Waals surface area contributed by atoms with Gasteiger partial charge in [0, 0.05) is 29.7 Å². The van der Waals surface area contributed by atoms with Gasteiger partial charge in [-0.05, 0) is 58.2 Å². The lowest BCUT2D eigenvalue weighted by Gasteiger charge is -2.51. The number of phenols is 4. The Morgan fingerprint density at radius 1 is 1.00 bits per heavy atom. The van der Waals surface area contributed by atoms with Gasteiger partial charge < -0.3 is 40.8 Å². The highest BCUT2D eigenvalue weighted by molar-refractivity contribution is 6.06. The van der Waals surface area contributed by atoms with Crippen LogP contribution < -0.4 is 10.1 Å².